The normalized spacial score (nSPS) is 10.9. The number of hydrogen-bond acceptors (Lipinski definition) is 3. The number of nitrogens with zero attached hydrogens (tertiary/aromatic N) is 1. The lowest BCUT2D eigenvalue weighted by atomic mass is 10.0. The van der Waals surface area contributed by atoms with Crippen molar-refractivity contribution in [1.29, 1.82) is 0 Å². The molecule has 1 heterocycles. The zero-order valence-corrected chi connectivity index (χ0v) is 15.5. The van der Waals surface area contributed by atoms with Crippen molar-refractivity contribution in [2.24, 2.45) is 0 Å². The van der Waals surface area contributed by atoms with Crippen LogP contribution in [-0.4, -0.2) is 10.9 Å². The fourth-order valence-corrected chi connectivity index (χ4v) is 3.49. The quantitative estimate of drug-likeness (QED) is 0.554. The maximum atomic E-state index is 13.1. The summed E-state index contributed by atoms with van der Waals surface area (Å²) < 4.78 is 27.1. The number of halogens is 3. The van der Waals surface area contributed by atoms with E-state index in [4.69, 9.17) is 0 Å². The maximum Gasteiger partial charge on any atom is 0.282 e. The molecule has 0 bridgehead atoms. The van der Waals surface area contributed by atoms with Gasteiger partial charge in [-0.15, -0.1) is 11.3 Å². The van der Waals surface area contributed by atoms with Crippen molar-refractivity contribution in [2.45, 2.75) is 13.3 Å². The second kappa shape index (κ2) is 7.41. The molecule has 0 saturated heterocycles. The zero-order chi connectivity index (χ0) is 18.0. The van der Waals surface area contributed by atoms with Crippen LogP contribution in [0.1, 0.15) is 26.8 Å². The first-order chi connectivity index (χ1) is 12.0. The topological polar surface area (TPSA) is 42.0 Å². The molecule has 3 nitrogen and oxygen atoms in total. The average molecular weight is 423 g/mol. The summed E-state index contributed by atoms with van der Waals surface area (Å²) in [6.45, 7) is 1.60. The van der Waals surface area contributed by atoms with E-state index in [0.717, 1.165) is 26.9 Å². The minimum Gasteiger partial charge on any atom is -0.321 e. The van der Waals surface area contributed by atoms with Gasteiger partial charge in [-0.1, -0.05) is 46.3 Å². The van der Waals surface area contributed by atoms with Gasteiger partial charge in [-0.25, -0.2) is 13.8 Å². The Hall–Kier alpha value is -2.12. The number of para-hydroxylation sites is 1. The predicted molar refractivity (Wildman–Crippen MR) is 99.3 cm³/mol. The number of carbonyl (C=O) groups is 1. The van der Waals surface area contributed by atoms with Gasteiger partial charge >= 0.3 is 0 Å². The van der Waals surface area contributed by atoms with Crippen LogP contribution in [0.4, 0.5) is 14.5 Å². The second-order valence-electron chi connectivity index (χ2n) is 5.25. The van der Waals surface area contributed by atoms with Gasteiger partial charge in [0, 0.05) is 15.7 Å². The predicted octanol–water partition coefficient (Wildman–Crippen LogP) is 6.07. The number of anilines is 1. The highest BCUT2D eigenvalue weighted by atomic mass is 79.9. The number of alkyl halides is 2. The Morgan fingerprint density at radius 2 is 1.84 bits per heavy atom. The Morgan fingerprint density at radius 3 is 2.52 bits per heavy atom. The Labute approximate surface area is 155 Å². The van der Waals surface area contributed by atoms with E-state index in [1.165, 1.54) is 0 Å². The van der Waals surface area contributed by atoms with Gasteiger partial charge < -0.3 is 5.32 Å². The summed E-state index contributed by atoms with van der Waals surface area (Å²) in [5.74, 6) is -0.578. The molecule has 0 aliphatic carbocycles. The summed E-state index contributed by atoms with van der Waals surface area (Å²) >= 11 is 4.35. The van der Waals surface area contributed by atoms with E-state index in [0.29, 0.717) is 10.7 Å². The smallest absolute Gasteiger partial charge is 0.282 e. The molecule has 1 aromatic heterocycles. The Kier molecular flexibility index (Phi) is 5.24. The molecule has 3 rings (SSSR count). The standard InChI is InChI=1S/C18H13BrF2N2OS/c1-10-22-15(17(20)21)16(25-10)18(24)23-14-5-3-2-4-13(14)11-6-8-12(19)9-7-11/h2-9,17H,1H3,(H,23,24). The monoisotopic (exact) mass is 422 g/mol. The number of amides is 1. The number of aromatic nitrogens is 1. The van der Waals surface area contributed by atoms with E-state index < -0.39 is 18.0 Å². The Morgan fingerprint density at radius 1 is 1.16 bits per heavy atom. The van der Waals surface area contributed by atoms with Crippen LogP contribution in [0.25, 0.3) is 11.1 Å². The van der Waals surface area contributed by atoms with Crippen molar-refractivity contribution in [3.05, 3.63) is 68.6 Å². The van der Waals surface area contributed by atoms with E-state index in [1.807, 2.05) is 36.4 Å². The average Bonchev–Trinajstić information content (AvgIpc) is 2.99. The molecule has 25 heavy (non-hydrogen) atoms. The Balaban J connectivity index is 1.94. The molecule has 0 saturated carbocycles. The minimum absolute atomic E-state index is 0.0573. The molecule has 3 aromatic rings. The van der Waals surface area contributed by atoms with Gasteiger partial charge in [0.2, 0.25) is 0 Å². The van der Waals surface area contributed by atoms with Crippen LogP contribution in [0.2, 0.25) is 0 Å². The van der Waals surface area contributed by atoms with Crippen LogP contribution in [0.15, 0.2) is 53.0 Å². The van der Waals surface area contributed by atoms with E-state index >= 15 is 0 Å². The fourth-order valence-electron chi connectivity index (χ4n) is 2.41. The number of rotatable bonds is 4. The first kappa shape index (κ1) is 17.7. The van der Waals surface area contributed by atoms with Crippen molar-refractivity contribution in [3.8, 4) is 11.1 Å². The zero-order valence-electron chi connectivity index (χ0n) is 13.1. The van der Waals surface area contributed by atoms with Crippen molar-refractivity contribution < 1.29 is 13.6 Å². The lowest BCUT2D eigenvalue weighted by Gasteiger charge is -2.11. The van der Waals surface area contributed by atoms with Crippen LogP contribution >= 0.6 is 27.3 Å². The van der Waals surface area contributed by atoms with Crippen molar-refractivity contribution in [1.82, 2.24) is 4.98 Å². The third-order valence-corrected chi connectivity index (χ3v) is 5.02. The van der Waals surface area contributed by atoms with Crippen LogP contribution in [0.3, 0.4) is 0 Å². The number of thiazole rings is 1. The minimum atomic E-state index is -2.78. The molecule has 2 aromatic carbocycles. The first-order valence-corrected chi connectivity index (χ1v) is 8.98. The van der Waals surface area contributed by atoms with E-state index in [1.54, 1.807) is 19.1 Å². The maximum absolute atomic E-state index is 13.1. The van der Waals surface area contributed by atoms with Gasteiger partial charge in [-0.2, -0.15) is 0 Å². The summed E-state index contributed by atoms with van der Waals surface area (Å²) in [5, 5.41) is 3.17. The summed E-state index contributed by atoms with van der Waals surface area (Å²) in [7, 11) is 0. The van der Waals surface area contributed by atoms with E-state index in [2.05, 4.69) is 26.2 Å². The summed E-state index contributed by atoms with van der Waals surface area (Å²) in [6.07, 6.45) is -2.78. The van der Waals surface area contributed by atoms with E-state index in [-0.39, 0.29) is 4.88 Å². The molecular weight excluding hydrogens is 410 g/mol. The number of aryl methyl sites for hydroxylation is 1. The van der Waals surface area contributed by atoms with Gasteiger partial charge in [-0.3, -0.25) is 4.79 Å². The van der Waals surface area contributed by atoms with Crippen LogP contribution in [0.5, 0.6) is 0 Å². The van der Waals surface area contributed by atoms with Crippen LogP contribution in [0, 0.1) is 6.92 Å². The highest BCUT2D eigenvalue weighted by Gasteiger charge is 2.24. The van der Waals surface area contributed by atoms with Crippen molar-refractivity contribution in [2.75, 3.05) is 5.32 Å². The number of carbonyl (C=O) groups excluding carboxylic acids is 1. The van der Waals surface area contributed by atoms with Crippen LogP contribution < -0.4 is 5.32 Å². The molecular formula is C18H13BrF2N2OS. The highest BCUT2D eigenvalue weighted by molar-refractivity contribution is 9.10. The third kappa shape index (κ3) is 3.93. The van der Waals surface area contributed by atoms with Gasteiger partial charge in [0.05, 0.1) is 5.01 Å². The molecule has 0 unspecified atom stereocenters. The molecule has 0 spiro atoms. The Bertz CT molecular complexity index is 910. The number of hydrogen-bond donors (Lipinski definition) is 1. The molecule has 1 N–H and O–H groups in total. The number of nitrogens with one attached hydrogen (secondary N) is 1. The van der Waals surface area contributed by atoms with Gasteiger partial charge in [0.15, 0.2) is 0 Å². The summed E-state index contributed by atoms with van der Waals surface area (Å²) in [4.78, 5) is 16.2. The van der Waals surface area contributed by atoms with Crippen molar-refractivity contribution >= 4 is 38.9 Å². The van der Waals surface area contributed by atoms with Gasteiger partial charge in [0.25, 0.3) is 12.3 Å². The summed E-state index contributed by atoms with van der Waals surface area (Å²) in [5.41, 5.74) is 1.80. The number of benzene rings is 2. The largest absolute Gasteiger partial charge is 0.321 e. The molecule has 128 valence electrons. The lowest BCUT2D eigenvalue weighted by molar-refractivity contribution is 0.101. The lowest BCUT2D eigenvalue weighted by Crippen LogP contribution is -2.13. The fraction of sp³-hybridized carbons (Fsp3) is 0.111. The SMILES string of the molecule is Cc1nc(C(F)F)c(C(=O)Nc2ccccc2-c2ccc(Br)cc2)s1. The summed E-state index contributed by atoms with van der Waals surface area (Å²) in [6, 6.07) is 14.9. The highest BCUT2D eigenvalue weighted by Crippen LogP contribution is 2.31. The molecule has 7 heteroatoms. The van der Waals surface area contributed by atoms with Gasteiger partial charge in [-0.05, 0) is 30.7 Å². The first-order valence-electron chi connectivity index (χ1n) is 7.37. The second-order valence-corrected chi connectivity index (χ2v) is 7.37. The molecule has 0 fully saturated rings. The van der Waals surface area contributed by atoms with Gasteiger partial charge in [0.1, 0.15) is 10.6 Å². The van der Waals surface area contributed by atoms with Crippen LogP contribution in [-0.2, 0) is 0 Å². The van der Waals surface area contributed by atoms with E-state index in [9.17, 15) is 13.6 Å². The molecule has 0 radical (unpaired) electrons. The molecule has 0 aliphatic rings. The molecule has 0 atom stereocenters. The molecule has 0 aliphatic heterocycles. The third-order valence-electron chi connectivity index (χ3n) is 3.50. The molecule has 1 amide bonds. The van der Waals surface area contributed by atoms with Crippen molar-refractivity contribution in [3.63, 3.8) is 0 Å².